The van der Waals surface area contributed by atoms with Crippen LogP contribution in [0.4, 0.5) is 0 Å². The van der Waals surface area contributed by atoms with Gasteiger partial charge in [0.05, 0.1) is 0 Å². The Labute approximate surface area is 137 Å². The zero-order valence-corrected chi connectivity index (χ0v) is 14.8. The van der Waals surface area contributed by atoms with E-state index in [4.69, 9.17) is 11.6 Å². The van der Waals surface area contributed by atoms with Gasteiger partial charge in [-0.1, -0.05) is 31.0 Å². The van der Waals surface area contributed by atoms with Crippen LogP contribution in [0.15, 0.2) is 30.3 Å². The molecule has 0 saturated heterocycles. The standard InChI is InChI=1S/C15H17ClINS/c1-3-4-13(18-2)15-8-7-14(19-15)11-6-5-10(16)9-12(11)17/h5-9,13,18H,3-4H2,1-2H3. The molecular formula is C15H17ClINS. The molecule has 1 atom stereocenters. The van der Waals surface area contributed by atoms with Crippen LogP contribution in [0.1, 0.15) is 30.7 Å². The minimum absolute atomic E-state index is 0.466. The fourth-order valence-electron chi connectivity index (χ4n) is 2.09. The SMILES string of the molecule is CCCC(NC)c1ccc(-c2ccc(Cl)cc2I)s1. The quantitative estimate of drug-likeness (QED) is 0.626. The molecule has 0 aliphatic heterocycles. The van der Waals surface area contributed by atoms with E-state index >= 15 is 0 Å². The maximum atomic E-state index is 6.01. The number of benzene rings is 1. The summed E-state index contributed by atoms with van der Waals surface area (Å²) >= 11 is 10.2. The zero-order valence-electron chi connectivity index (χ0n) is 11.0. The Morgan fingerprint density at radius 3 is 2.74 bits per heavy atom. The lowest BCUT2D eigenvalue weighted by molar-refractivity contribution is 0.550. The second kappa shape index (κ2) is 7.07. The molecule has 1 unspecified atom stereocenters. The Balaban J connectivity index is 2.29. The molecule has 0 bridgehead atoms. The predicted octanol–water partition coefficient (Wildman–Crippen LogP) is 5.73. The van der Waals surface area contributed by atoms with Gasteiger partial charge in [-0.05, 0) is 60.3 Å². The topological polar surface area (TPSA) is 12.0 Å². The molecule has 1 nitrogen and oxygen atoms in total. The van der Waals surface area contributed by atoms with E-state index in [1.54, 1.807) is 0 Å². The molecule has 2 rings (SSSR count). The minimum Gasteiger partial charge on any atom is -0.312 e. The average Bonchev–Trinajstić information content (AvgIpc) is 2.85. The van der Waals surface area contributed by atoms with Crippen LogP contribution in [0.2, 0.25) is 5.02 Å². The molecule has 4 heteroatoms. The number of rotatable bonds is 5. The monoisotopic (exact) mass is 405 g/mol. The highest BCUT2D eigenvalue weighted by Gasteiger charge is 2.13. The molecule has 102 valence electrons. The third-order valence-corrected chi connectivity index (χ3v) is 5.45. The summed E-state index contributed by atoms with van der Waals surface area (Å²) in [5.41, 5.74) is 1.27. The van der Waals surface area contributed by atoms with E-state index in [2.05, 4.69) is 53.0 Å². The van der Waals surface area contributed by atoms with Crippen molar-refractivity contribution in [3.63, 3.8) is 0 Å². The molecule has 0 amide bonds. The molecule has 19 heavy (non-hydrogen) atoms. The van der Waals surface area contributed by atoms with Crippen molar-refractivity contribution in [3.8, 4) is 10.4 Å². The molecule has 0 spiro atoms. The number of hydrogen-bond donors (Lipinski definition) is 1. The molecule has 0 saturated carbocycles. The van der Waals surface area contributed by atoms with Gasteiger partial charge in [-0.25, -0.2) is 0 Å². The highest BCUT2D eigenvalue weighted by atomic mass is 127. The van der Waals surface area contributed by atoms with Crippen molar-refractivity contribution < 1.29 is 0 Å². The van der Waals surface area contributed by atoms with Crippen LogP contribution in [-0.4, -0.2) is 7.05 Å². The summed E-state index contributed by atoms with van der Waals surface area (Å²) in [5.74, 6) is 0. The van der Waals surface area contributed by atoms with Crippen LogP contribution in [0.5, 0.6) is 0 Å². The Bertz CT molecular complexity index is 553. The van der Waals surface area contributed by atoms with Gasteiger partial charge >= 0.3 is 0 Å². The van der Waals surface area contributed by atoms with E-state index in [1.165, 1.54) is 31.7 Å². The fraction of sp³-hybridized carbons (Fsp3) is 0.333. The van der Waals surface area contributed by atoms with Gasteiger partial charge in [-0.2, -0.15) is 0 Å². The molecule has 1 N–H and O–H groups in total. The van der Waals surface area contributed by atoms with Crippen molar-refractivity contribution in [1.82, 2.24) is 5.32 Å². The van der Waals surface area contributed by atoms with Gasteiger partial charge < -0.3 is 5.32 Å². The second-order valence-corrected chi connectivity index (χ2v) is 7.17. The first-order chi connectivity index (χ1) is 9.15. The fourth-order valence-corrected chi connectivity index (χ4v) is 4.63. The van der Waals surface area contributed by atoms with Crippen molar-refractivity contribution in [3.05, 3.63) is 43.8 Å². The van der Waals surface area contributed by atoms with Crippen molar-refractivity contribution >= 4 is 45.5 Å². The average molecular weight is 406 g/mol. The first-order valence-electron chi connectivity index (χ1n) is 6.38. The van der Waals surface area contributed by atoms with E-state index < -0.39 is 0 Å². The maximum absolute atomic E-state index is 6.01. The normalized spacial score (nSPS) is 12.6. The van der Waals surface area contributed by atoms with Crippen LogP contribution >= 0.6 is 45.5 Å². The summed E-state index contributed by atoms with van der Waals surface area (Å²) in [7, 11) is 2.03. The number of nitrogens with one attached hydrogen (secondary N) is 1. The molecule has 1 aromatic carbocycles. The Morgan fingerprint density at radius 2 is 2.11 bits per heavy atom. The highest BCUT2D eigenvalue weighted by Crippen LogP contribution is 2.35. The second-order valence-electron chi connectivity index (χ2n) is 4.46. The summed E-state index contributed by atoms with van der Waals surface area (Å²) in [4.78, 5) is 2.72. The largest absolute Gasteiger partial charge is 0.312 e. The molecule has 0 fully saturated rings. The third-order valence-electron chi connectivity index (χ3n) is 3.09. The van der Waals surface area contributed by atoms with E-state index in [1.807, 2.05) is 30.5 Å². The van der Waals surface area contributed by atoms with Gasteiger partial charge in [0.1, 0.15) is 0 Å². The van der Waals surface area contributed by atoms with E-state index in [0.717, 1.165) is 5.02 Å². The van der Waals surface area contributed by atoms with Gasteiger partial charge in [-0.3, -0.25) is 0 Å². The van der Waals surface area contributed by atoms with Crippen LogP contribution in [-0.2, 0) is 0 Å². The van der Waals surface area contributed by atoms with E-state index in [-0.39, 0.29) is 0 Å². The maximum Gasteiger partial charge on any atom is 0.0416 e. The molecule has 1 heterocycles. The van der Waals surface area contributed by atoms with Crippen LogP contribution in [0.3, 0.4) is 0 Å². The first kappa shape index (κ1) is 15.3. The molecule has 1 aromatic heterocycles. The van der Waals surface area contributed by atoms with Gasteiger partial charge in [0, 0.05) is 30.0 Å². The van der Waals surface area contributed by atoms with E-state index in [9.17, 15) is 0 Å². The van der Waals surface area contributed by atoms with Crippen molar-refractivity contribution in [2.45, 2.75) is 25.8 Å². The summed E-state index contributed by atoms with van der Waals surface area (Å²) in [6, 6.07) is 11.0. The Kier molecular flexibility index (Phi) is 5.69. The van der Waals surface area contributed by atoms with Crippen molar-refractivity contribution in [2.75, 3.05) is 7.05 Å². The molecular weight excluding hydrogens is 389 g/mol. The minimum atomic E-state index is 0.466. The van der Waals surface area contributed by atoms with Gasteiger partial charge in [0.25, 0.3) is 0 Å². The Hall–Kier alpha value is -0.100. The summed E-state index contributed by atoms with van der Waals surface area (Å²) < 4.78 is 1.20. The van der Waals surface area contributed by atoms with Crippen LogP contribution in [0.25, 0.3) is 10.4 Å². The zero-order chi connectivity index (χ0) is 13.8. The summed E-state index contributed by atoms with van der Waals surface area (Å²) in [5, 5.41) is 4.19. The van der Waals surface area contributed by atoms with Gasteiger partial charge in [0.2, 0.25) is 0 Å². The summed E-state index contributed by atoms with van der Waals surface area (Å²) in [6.45, 7) is 2.22. The first-order valence-corrected chi connectivity index (χ1v) is 8.65. The van der Waals surface area contributed by atoms with Gasteiger partial charge in [0.15, 0.2) is 0 Å². The molecule has 2 aromatic rings. The number of halogens is 2. The molecule has 0 radical (unpaired) electrons. The number of hydrogen-bond acceptors (Lipinski definition) is 2. The van der Waals surface area contributed by atoms with Crippen LogP contribution < -0.4 is 5.32 Å². The Morgan fingerprint density at radius 1 is 1.32 bits per heavy atom. The lowest BCUT2D eigenvalue weighted by Gasteiger charge is -2.12. The highest BCUT2D eigenvalue weighted by molar-refractivity contribution is 14.1. The molecule has 0 aliphatic carbocycles. The lowest BCUT2D eigenvalue weighted by atomic mass is 10.1. The smallest absolute Gasteiger partial charge is 0.0416 e. The molecule has 0 aliphatic rings. The van der Waals surface area contributed by atoms with Crippen molar-refractivity contribution in [1.29, 1.82) is 0 Å². The van der Waals surface area contributed by atoms with Gasteiger partial charge in [-0.15, -0.1) is 11.3 Å². The summed E-state index contributed by atoms with van der Waals surface area (Å²) in [6.07, 6.45) is 2.37. The third kappa shape index (κ3) is 3.72. The lowest BCUT2D eigenvalue weighted by Crippen LogP contribution is -2.14. The number of thiophene rings is 1. The van der Waals surface area contributed by atoms with Crippen molar-refractivity contribution in [2.24, 2.45) is 0 Å². The van der Waals surface area contributed by atoms with E-state index in [0.29, 0.717) is 6.04 Å². The van der Waals surface area contributed by atoms with Crippen LogP contribution in [0, 0.1) is 3.57 Å². The predicted molar refractivity (Wildman–Crippen MR) is 94.2 cm³/mol.